The van der Waals surface area contributed by atoms with Crippen molar-refractivity contribution in [3.63, 3.8) is 0 Å². The number of aryl methyl sites for hydroxylation is 2. The van der Waals surface area contributed by atoms with Gasteiger partial charge in [-0.1, -0.05) is 5.16 Å². The minimum Gasteiger partial charge on any atom is -0.360 e. The molecule has 0 radical (unpaired) electrons. The molecule has 7 heteroatoms. The van der Waals surface area contributed by atoms with Gasteiger partial charge in [0.05, 0.1) is 0 Å². The molecule has 0 amide bonds. The van der Waals surface area contributed by atoms with Gasteiger partial charge in [0.1, 0.15) is 10.6 Å². The van der Waals surface area contributed by atoms with Gasteiger partial charge >= 0.3 is 0 Å². The number of hydrogen-bond acceptors (Lipinski definition) is 5. The van der Waals surface area contributed by atoms with Crippen molar-refractivity contribution in [2.75, 3.05) is 26.2 Å². The van der Waals surface area contributed by atoms with Gasteiger partial charge in [0.15, 0.2) is 5.76 Å². The fourth-order valence-electron chi connectivity index (χ4n) is 1.86. The molecule has 6 nitrogen and oxygen atoms in total. The average Bonchev–Trinajstić information content (AvgIpc) is 2.60. The Balaban J connectivity index is 2.38. The van der Waals surface area contributed by atoms with Crippen LogP contribution in [-0.2, 0) is 10.0 Å². The monoisotopic (exact) mass is 245 g/mol. The molecule has 1 aliphatic rings. The molecule has 1 N–H and O–H groups in total. The Labute approximate surface area is 94.7 Å². The molecule has 1 aliphatic heterocycles. The van der Waals surface area contributed by atoms with Crippen LogP contribution in [0.15, 0.2) is 9.42 Å². The summed E-state index contributed by atoms with van der Waals surface area (Å²) in [6.45, 7) is 5.62. The largest absolute Gasteiger partial charge is 0.360 e. The minimum atomic E-state index is -3.44. The predicted molar refractivity (Wildman–Crippen MR) is 57.6 cm³/mol. The summed E-state index contributed by atoms with van der Waals surface area (Å²) in [5.41, 5.74) is 0.427. The third-order valence-electron chi connectivity index (χ3n) is 2.64. The summed E-state index contributed by atoms with van der Waals surface area (Å²) in [5, 5.41) is 6.80. The summed E-state index contributed by atoms with van der Waals surface area (Å²) in [5.74, 6) is 0.357. The van der Waals surface area contributed by atoms with E-state index in [1.807, 2.05) is 0 Å². The molecule has 2 heterocycles. The molecular weight excluding hydrogens is 230 g/mol. The molecule has 16 heavy (non-hydrogen) atoms. The van der Waals surface area contributed by atoms with E-state index in [4.69, 9.17) is 4.52 Å². The van der Waals surface area contributed by atoms with Crippen LogP contribution in [0, 0.1) is 13.8 Å². The standard InChI is InChI=1S/C9H15N3O3S/c1-7-9(8(2)15-11-7)16(13,14)12-5-3-10-4-6-12/h10H,3-6H2,1-2H3. The highest BCUT2D eigenvalue weighted by atomic mass is 32.2. The molecule has 1 saturated heterocycles. The van der Waals surface area contributed by atoms with E-state index in [0.717, 1.165) is 0 Å². The van der Waals surface area contributed by atoms with E-state index in [1.165, 1.54) is 4.31 Å². The fraction of sp³-hybridized carbons (Fsp3) is 0.667. The number of rotatable bonds is 2. The summed E-state index contributed by atoms with van der Waals surface area (Å²) in [6, 6.07) is 0. The lowest BCUT2D eigenvalue weighted by molar-refractivity contribution is 0.358. The van der Waals surface area contributed by atoms with Crippen molar-refractivity contribution in [3.8, 4) is 0 Å². The lowest BCUT2D eigenvalue weighted by Gasteiger charge is -2.26. The smallest absolute Gasteiger partial charge is 0.248 e. The number of sulfonamides is 1. The molecule has 1 fully saturated rings. The highest BCUT2D eigenvalue weighted by Crippen LogP contribution is 2.23. The molecular formula is C9H15N3O3S. The lowest BCUT2D eigenvalue weighted by atomic mass is 10.4. The highest BCUT2D eigenvalue weighted by molar-refractivity contribution is 7.89. The lowest BCUT2D eigenvalue weighted by Crippen LogP contribution is -2.46. The van der Waals surface area contributed by atoms with Crippen molar-refractivity contribution in [3.05, 3.63) is 11.5 Å². The SMILES string of the molecule is Cc1noc(C)c1S(=O)(=O)N1CCNCC1. The van der Waals surface area contributed by atoms with Crippen LogP contribution in [0.1, 0.15) is 11.5 Å². The maximum Gasteiger partial charge on any atom is 0.248 e. The Bertz CT molecular complexity index is 455. The molecule has 2 rings (SSSR count). The van der Waals surface area contributed by atoms with E-state index in [-0.39, 0.29) is 4.90 Å². The van der Waals surface area contributed by atoms with Crippen molar-refractivity contribution >= 4 is 10.0 Å². The van der Waals surface area contributed by atoms with Gasteiger partial charge in [0.2, 0.25) is 10.0 Å². The molecule has 0 unspecified atom stereocenters. The van der Waals surface area contributed by atoms with Crippen LogP contribution in [-0.4, -0.2) is 44.1 Å². The molecule has 0 spiro atoms. The number of aromatic nitrogens is 1. The molecule has 90 valence electrons. The first-order chi connectivity index (χ1) is 7.53. The van der Waals surface area contributed by atoms with Crippen molar-refractivity contribution in [1.82, 2.24) is 14.8 Å². The Morgan fingerprint density at radius 1 is 1.31 bits per heavy atom. The first-order valence-corrected chi connectivity index (χ1v) is 6.61. The predicted octanol–water partition coefficient (Wildman–Crippen LogP) is -0.115. The molecule has 1 aromatic heterocycles. The van der Waals surface area contributed by atoms with Crippen LogP contribution in [0.2, 0.25) is 0 Å². The first kappa shape index (κ1) is 11.6. The summed E-state index contributed by atoms with van der Waals surface area (Å²) in [4.78, 5) is 0.217. The number of hydrogen-bond donors (Lipinski definition) is 1. The van der Waals surface area contributed by atoms with E-state index >= 15 is 0 Å². The highest BCUT2D eigenvalue weighted by Gasteiger charge is 2.31. The topological polar surface area (TPSA) is 75.4 Å². The fourth-order valence-corrected chi connectivity index (χ4v) is 3.59. The van der Waals surface area contributed by atoms with Crippen molar-refractivity contribution < 1.29 is 12.9 Å². The third-order valence-corrected chi connectivity index (χ3v) is 4.79. The van der Waals surface area contributed by atoms with Gasteiger partial charge in [0, 0.05) is 26.2 Å². The summed E-state index contributed by atoms with van der Waals surface area (Å²) in [7, 11) is -3.44. The van der Waals surface area contributed by atoms with Crippen LogP contribution in [0.5, 0.6) is 0 Å². The van der Waals surface area contributed by atoms with Gasteiger partial charge in [-0.25, -0.2) is 8.42 Å². The Kier molecular flexibility index (Phi) is 3.00. The average molecular weight is 245 g/mol. The minimum absolute atomic E-state index is 0.217. The summed E-state index contributed by atoms with van der Waals surface area (Å²) >= 11 is 0. The van der Waals surface area contributed by atoms with Crippen molar-refractivity contribution in [1.29, 1.82) is 0 Å². The van der Waals surface area contributed by atoms with E-state index in [9.17, 15) is 8.42 Å². The molecule has 0 saturated carbocycles. The Morgan fingerprint density at radius 2 is 1.94 bits per heavy atom. The van der Waals surface area contributed by atoms with Crippen LogP contribution in [0.3, 0.4) is 0 Å². The van der Waals surface area contributed by atoms with Gasteiger partial charge in [-0.3, -0.25) is 0 Å². The summed E-state index contributed by atoms with van der Waals surface area (Å²) in [6.07, 6.45) is 0. The van der Waals surface area contributed by atoms with E-state index in [1.54, 1.807) is 13.8 Å². The van der Waals surface area contributed by atoms with Gasteiger partial charge in [-0.05, 0) is 13.8 Å². The molecule has 0 aliphatic carbocycles. The maximum absolute atomic E-state index is 12.3. The third kappa shape index (κ3) is 1.85. The number of piperazine rings is 1. The van der Waals surface area contributed by atoms with Crippen LogP contribution >= 0.6 is 0 Å². The van der Waals surface area contributed by atoms with Crippen molar-refractivity contribution in [2.45, 2.75) is 18.7 Å². The second kappa shape index (κ2) is 4.15. The Hall–Kier alpha value is -0.920. The molecule has 0 bridgehead atoms. The van der Waals surface area contributed by atoms with E-state index in [2.05, 4.69) is 10.5 Å². The quantitative estimate of drug-likeness (QED) is 0.786. The van der Waals surface area contributed by atoms with Crippen LogP contribution in [0.4, 0.5) is 0 Å². The zero-order valence-electron chi connectivity index (χ0n) is 9.36. The van der Waals surface area contributed by atoms with Crippen molar-refractivity contribution in [2.24, 2.45) is 0 Å². The number of nitrogens with one attached hydrogen (secondary N) is 1. The van der Waals surface area contributed by atoms with E-state index in [0.29, 0.717) is 37.6 Å². The van der Waals surface area contributed by atoms with Crippen LogP contribution in [0.25, 0.3) is 0 Å². The Morgan fingerprint density at radius 3 is 2.44 bits per heavy atom. The molecule has 0 aromatic carbocycles. The molecule has 0 atom stereocenters. The molecule has 1 aromatic rings. The second-order valence-electron chi connectivity index (χ2n) is 3.81. The van der Waals surface area contributed by atoms with Gasteiger partial charge in [-0.2, -0.15) is 4.31 Å². The van der Waals surface area contributed by atoms with Gasteiger partial charge in [-0.15, -0.1) is 0 Å². The van der Waals surface area contributed by atoms with E-state index < -0.39 is 10.0 Å². The maximum atomic E-state index is 12.3. The second-order valence-corrected chi connectivity index (χ2v) is 5.68. The van der Waals surface area contributed by atoms with Gasteiger partial charge < -0.3 is 9.84 Å². The van der Waals surface area contributed by atoms with Crippen LogP contribution < -0.4 is 5.32 Å². The zero-order valence-corrected chi connectivity index (χ0v) is 10.2. The summed E-state index contributed by atoms with van der Waals surface area (Å²) < 4.78 is 30.9. The zero-order chi connectivity index (χ0) is 11.8. The first-order valence-electron chi connectivity index (χ1n) is 5.17. The number of nitrogens with zero attached hydrogens (tertiary/aromatic N) is 2. The normalized spacial score (nSPS) is 18.9. The van der Waals surface area contributed by atoms with Gasteiger partial charge in [0.25, 0.3) is 0 Å².